The minimum Gasteiger partial charge on any atom is -0.478 e. The third-order valence-corrected chi connectivity index (χ3v) is 3.58. The second-order valence-corrected chi connectivity index (χ2v) is 5.66. The SMILES string of the molecule is CC(Cc1cccc(F)c1)C(=O)Nc1ccc(Cl)cc1C(=O)O. The molecule has 1 unspecified atom stereocenters. The van der Waals surface area contributed by atoms with E-state index >= 15 is 0 Å². The number of hydrogen-bond acceptors (Lipinski definition) is 2. The number of carboxylic acids is 1. The smallest absolute Gasteiger partial charge is 0.337 e. The number of carbonyl (C=O) groups excluding carboxylic acids is 1. The van der Waals surface area contributed by atoms with Gasteiger partial charge in [-0.05, 0) is 42.3 Å². The van der Waals surface area contributed by atoms with Crippen LogP contribution in [0.15, 0.2) is 42.5 Å². The average molecular weight is 336 g/mol. The molecule has 2 N–H and O–H groups in total. The third-order valence-electron chi connectivity index (χ3n) is 3.35. The number of rotatable bonds is 5. The van der Waals surface area contributed by atoms with E-state index in [1.165, 1.54) is 30.3 Å². The van der Waals surface area contributed by atoms with E-state index in [1.807, 2.05) is 0 Å². The van der Waals surface area contributed by atoms with E-state index in [2.05, 4.69) is 5.32 Å². The molecule has 0 saturated carbocycles. The van der Waals surface area contributed by atoms with Crippen LogP contribution in [0.1, 0.15) is 22.8 Å². The molecule has 120 valence electrons. The third kappa shape index (κ3) is 4.53. The zero-order chi connectivity index (χ0) is 17.0. The molecule has 0 bridgehead atoms. The van der Waals surface area contributed by atoms with Crippen LogP contribution >= 0.6 is 11.6 Å². The standard InChI is InChI=1S/C17H15ClFNO3/c1-10(7-11-3-2-4-13(19)8-11)16(21)20-15-6-5-12(18)9-14(15)17(22)23/h2-6,8-10H,7H2,1H3,(H,20,21)(H,22,23). The van der Waals surface area contributed by atoms with Crippen molar-refractivity contribution < 1.29 is 19.1 Å². The lowest BCUT2D eigenvalue weighted by molar-refractivity contribution is -0.119. The fraction of sp³-hybridized carbons (Fsp3) is 0.176. The maximum atomic E-state index is 13.2. The molecule has 0 saturated heterocycles. The molecule has 1 amide bonds. The Kier molecular flexibility index (Phi) is 5.34. The van der Waals surface area contributed by atoms with Gasteiger partial charge in [0.2, 0.25) is 5.91 Å². The lowest BCUT2D eigenvalue weighted by Crippen LogP contribution is -2.23. The molecule has 2 rings (SSSR count). The number of hydrogen-bond donors (Lipinski definition) is 2. The van der Waals surface area contributed by atoms with E-state index in [-0.39, 0.29) is 28.0 Å². The topological polar surface area (TPSA) is 66.4 Å². The number of benzene rings is 2. The predicted octanol–water partition coefficient (Wildman–Crippen LogP) is 3.99. The van der Waals surface area contributed by atoms with Crippen LogP contribution in [0, 0.1) is 11.7 Å². The van der Waals surface area contributed by atoms with E-state index in [0.717, 1.165) is 0 Å². The molecule has 4 nitrogen and oxygen atoms in total. The van der Waals surface area contributed by atoms with Crippen molar-refractivity contribution in [3.63, 3.8) is 0 Å². The second-order valence-electron chi connectivity index (χ2n) is 5.22. The molecule has 1 atom stereocenters. The molecular weight excluding hydrogens is 321 g/mol. The minimum atomic E-state index is -1.18. The highest BCUT2D eigenvalue weighted by atomic mass is 35.5. The second kappa shape index (κ2) is 7.24. The van der Waals surface area contributed by atoms with Gasteiger partial charge in [-0.3, -0.25) is 4.79 Å². The van der Waals surface area contributed by atoms with Crippen molar-refractivity contribution in [2.24, 2.45) is 5.92 Å². The van der Waals surface area contributed by atoms with E-state index in [1.54, 1.807) is 19.1 Å². The number of carboxylic acid groups (broad SMARTS) is 1. The van der Waals surface area contributed by atoms with Gasteiger partial charge in [-0.2, -0.15) is 0 Å². The number of halogens is 2. The lowest BCUT2D eigenvalue weighted by Gasteiger charge is -2.14. The van der Waals surface area contributed by atoms with Gasteiger partial charge in [0.15, 0.2) is 0 Å². The molecular formula is C17H15ClFNO3. The maximum Gasteiger partial charge on any atom is 0.337 e. The van der Waals surface area contributed by atoms with Crippen molar-refractivity contribution in [3.05, 3.63) is 64.4 Å². The molecule has 0 heterocycles. The van der Waals surface area contributed by atoms with Crippen LogP contribution in [0.3, 0.4) is 0 Å². The molecule has 0 spiro atoms. The molecule has 2 aromatic carbocycles. The maximum absolute atomic E-state index is 13.2. The van der Waals surface area contributed by atoms with Crippen LogP contribution in [-0.2, 0) is 11.2 Å². The summed E-state index contributed by atoms with van der Waals surface area (Å²) in [6.07, 6.45) is 0.347. The van der Waals surface area contributed by atoms with Crippen molar-refractivity contribution in [2.75, 3.05) is 5.32 Å². The first-order chi connectivity index (χ1) is 10.9. The normalized spacial score (nSPS) is 11.8. The largest absolute Gasteiger partial charge is 0.478 e. The van der Waals surface area contributed by atoms with Crippen molar-refractivity contribution in [1.29, 1.82) is 0 Å². The first kappa shape index (κ1) is 17.0. The van der Waals surface area contributed by atoms with Gasteiger partial charge in [0.05, 0.1) is 11.3 Å². The highest BCUT2D eigenvalue weighted by Gasteiger charge is 2.18. The summed E-state index contributed by atoms with van der Waals surface area (Å²) < 4.78 is 13.2. The minimum absolute atomic E-state index is 0.0798. The quantitative estimate of drug-likeness (QED) is 0.868. The Morgan fingerprint density at radius 2 is 2.00 bits per heavy atom. The fourth-order valence-electron chi connectivity index (χ4n) is 2.17. The Labute approximate surface area is 137 Å². The van der Waals surface area contributed by atoms with Gasteiger partial charge in [0.25, 0.3) is 0 Å². The van der Waals surface area contributed by atoms with Crippen molar-refractivity contribution in [2.45, 2.75) is 13.3 Å². The summed E-state index contributed by atoms with van der Waals surface area (Å²) in [6, 6.07) is 10.2. The zero-order valence-electron chi connectivity index (χ0n) is 12.3. The summed E-state index contributed by atoms with van der Waals surface area (Å²) in [7, 11) is 0. The van der Waals surface area contributed by atoms with E-state index in [0.29, 0.717) is 12.0 Å². The molecule has 0 aliphatic rings. The van der Waals surface area contributed by atoms with E-state index in [4.69, 9.17) is 16.7 Å². The summed E-state index contributed by atoms with van der Waals surface area (Å²) in [4.78, 5) is 23.4. The van der Waals surface area contributed by atoms with Gasteiger partial charge in [0.1, 0.15) is 5.82 Å². The summed E-state index contributed by atoms with van der Waals surface area (Å²) in [5.74, 6) is -2.34. The molecule has 6 heteroatoms. The number of amides is 1. The van der Waals surface area contributed by atoms with Gasteiger partial charge < -0.3 is 10.4 Å². The van der Waals surface area contributed by atoms with E-state index < -0.39 is 11.9 Å². The molecule has 23 heavy (non-hydrogen) atoms. The van der Waals surface area contributed by atoms with Crippen LogP contribution in [0.2, 0.25) is 5.02 Å². The highest BCUT2D eigenvalue weighted by Crippen LogP contribution is 2.22. The number of aromatic carboxylic acids is 1. The van der Waals surface area contributed by atoms with Gasteiger partial charge in [-0.25, -0.2) is 9.18 Å². The Balaban J connectivity index is 2.11. The van der Waals surface area contributed by atoms with Crippen LogP contribution in [-0.4, -0.2) is 17.0 Å². The number of anilines is 1. The van der Waals surface area contributed by atoms with Crippen LogP contribution in [0.5, 0.6) is 0 Å². The zero-order valence-corrected chi connectivity index (χ0v) is 13.1. The summed E-state index contributed by atoms with van der Waals surface area (Å²) >= 11 is 5.77. The fourth-order valence-corrected chi connectivity index (χ4v) is 2.34. The van der Waals surface area contributed by atoms with E-state index in [9.17, 15) is 14.0 Å². The van der Waals surface area contributed by atoms with Crippen LogP contribution in [0.4, 0.5) is 10.1 Å². The molecule has 0 radical (unpaired) electrons. The lowest BCUT2D eigenvalue weighted by atomic mass is 10.00. The predicted molar refractivity (Wildman–Crippen MR) is 86.3 cm³/mol. The summed E-state index contributed by atoms with van der Waals surface area (Å²) in [5.41, 5.74) is 0.795. The average Bonchev–Trinajstić information content (AvgIpc) is 2.48. The van der Waals surface area contributed by atoms with Gasteiger partial charge >= 0.3 is 5.97 Å². The van der Waals surface area contributed by atoms with Gasteiger partial charge in [0, 0.05) is 10.9 Å². The Bertz CT molecular complexity index is 748. The first-order valence-electron chi connectivity index (χ1n) is 6.95. The summed E-state index contributed by atoms with van der Waals surface area (Å²) in [5, 5.41) is 12.0. The first-order valence-corrected chi connectivity index (χ1v) is 7.33. The van der Waals surface area contributed by atoms with Crippen LogP contribution in [0.25, 0.3) is 0 Å². The van der Waals surface area contributed by atoms with Crippen LogP contribution < -0.4 is 5.32 Å². The molecule has 0 aliphatic heterocycles. The van der Waals surface area contributed by atoms with Crippen molar-refractivity contribution >= 4 is 29.2 Å². The molecule has 0 aliphatic carbocycles. The highest BCUT2D eigenvalue weighted by molar-refractivity contribution is 6.31. The Morgan fingerprint density at radius 3 is 2.65 bits per heavy atom. The van der Waals surface area contributed by atoms with Gasteiger partial charge in [-0.15, -0.1) is 0 Å². The van der Waals surface area contributed by atoms with Gasteiger partial charge in [-0.1, -0.05) is 30.7 Å². The van der Waals surface area contributed by atoms with Crippen molar-refractivity contribution in [1.82, 2.24) is 0 Å². The summed E-state index contributed by atoms with van der Waals surface area (Å²) in [6.45, 7) is 1.69. The molecule has 2 aromatic rings. The van der Waals surface area contributed by atoms with Crippen molar-refractivity contribution in [3.8, 4) is 0 Å². The Morgan fingerprint density at radius 1 is 1.26 bits per heavy atom. The number of nitrogens with one attached hydrogen (secondary N) is 1. The monoisotopic (exact) mass is 335 g/mol. The molecule has 0 fully saturated rings. The number of carbonyl (C=O) groups is 2. The molecule has 0 aromatic heterocycles. The Hall–Kier alpha value is -2.40.